The SMILES string of the molecule is CNCC1(CN2CCC(C(C)O)CC2)CCCC1. The molecular weight excluding hydrogens is 224 g/mol. The molecule has 1 saturated heterocycles. The van der Waals surface area contributed by atoms with Gasteiger partial charge in [-0.25, -0.2) is 0 Å². The van der Waals surface area contributed by atoms with Crippen LogP contribution in [-0.4, -0.2) is 49.3 Å². The van der Waals surface area contributed by atoms with Crippen LogP contribution in [-0.2, 0) is 0 Å². The molecule has 3 nitrogen and oxygen atoms in total. The Kier molecular flexibility index (Phi) is 5.05. The van der Waals surface area contributed by atoms with Crippen molar-refractivity contribution in [2.45, 2.75) is 51.6 Å². The van der Waals surface area contributed by atoms with E-state index in [2.05, 4.69) is 17.3 Å². The highest BCUT2D eigenvalue weighted by molar-refractivity contribution is 4.90. The maximum Gasteiger partial charge on any atom is 0.0541 e. The zero-order valence-electron chi connectivity index (χ0n) is 12.1. The van der Waals surface area contributed by atoms with Crippen LogP contribution in [0.4, 0.5) is 0 Å². The Morgan fingerprint density at radius 3 is 2.39 bits per heavy atom. The highest BCUT2D eigenvalue weighted by Crippen LogP contribution is 2.39. The summed E-state index contributed by atoms with van der Waals surface area (Å²) in [6.45, 7) is 6.74. The molecule has 1 unspecified atom stereocenters. The number of nitrogens with zero attached hydrogens (tertiary/aromatic N) is 1. The lowest BCUT2D eigenvalue weighted by Gasteiger charge is -2.39. The van der Waals surface area contributed by atoms with E-state index >= 15 is 0 Å². The fourth-order valence-corrected chi connectivity index (χ4v) is 3.96. The van der Waals surface area contributed by atoms with E-state index in [0.717, 1.165) is 0 Å². The maximum absolute atomic E-state index is 9.65. The van der Waals surface area contributed by atoms with Crippen molar-refractivity contribution in [2.24, 2.45) is 11.3 Å². The van der Waals surface area contributed by atoms with Gasteiger partial charge in [-0.2, -0.15) is 0 Å². The van der Waals surface area contributed by atoms with Gasteiger partial charge < -0.3 is 15.3 Å². The molecule has 0 aromatic carbocycles. The summed E-state index contributed by atoms with van der Waals surface area (Å²) in [6, 6.07) is 0. The zero-order valence-corrected chi connectivity index (χ0v) is 12.1. The molecule has 1 atom stereocenters. The molecule has 1 saturated carbocycles. The summed E-state index contributed by atoms with van der Waals surface area (Å²) in [5.74, 6) is 0.532. The average Bonchev–Trinajstić information content (AvgIpc) is 2.79. The summed E-state index contributed by atoms with van der Waals surface area (Å²) >= 11 is 0. The third-order valence-corrected chi connectivity index (χ3v) is 5.09. The van der Waals surface area contributed by atoms with Crippen LogP contribution in [0.15, 0.2) is 0 Å². The van der Waals surface area contributed by atoms with Gasteiger partial charge in [0, 0.05) is 13.1 Å². The molecular formula is C15H30N2O. The van der Waals surface area contributed by atoms with Crippen LogP contribution >= 0.6 is 0 Å². The molecule has 18 heavy (non-hydrogen) atoms. The second-order valence-corrected chi connectivity index (χ2v) is 6.59. The quantitative estimate of drug-likeness (QED) is 0.786. The number of nitrogens with one attached hydrogen (secondary N) is 1. The van der Waals surface area contributed by atoms with E-state index in [1.165, 1.54) is 64.7 Å². The first-order valence-corrected chi connectivity index (χ1v) is 7.70. The fraction of sp³-hybridized carbons (Fsp3) is 1.00. The van der Waals surface area contributed by atoms with Crippen molar-refractivity contribution in [3.05, 3.63) is 0 Å². The Labute approximate surface area is 112 Å². The van der Waals surface area contributed by atoms with Crippen LogP contribution in [0.25, 0.3) is 0 Å². The molecule has 0 bridgehead atoms. The summed E-state index contributed by atoms with van der Waals surface area (Å²) in [6.07, 6.45) is 7.83. The Morgan fingerprint density at radius 2 is 1.89 bits per heavy atom. The van der Waals surface area contributed by atoms with Crippen molar-refractivity contribution in [3.63, 3.8) is 0 Å². The van der Waals surface area contributed by atoms with Crippen molar-refractivity contribution in [3.8, 4) is 0 Å². The Hall–Kier alpha value is -0.120. The standard InChI is InChI=1S/C15H30N2O/c1-13(18)14-5-9-17(10-6-14)12-15(11-16-2)7-3-4-8-15/h13-14,16,18H,3-12H2,1-2H3. The van der Waals surface area contributed by atoms with Gasteiger partial charge in [0.05, 0.1) is 6.10 Å². The van der Waals surface area contributed by atoms with Gasteiger partial charge >= 0.3 is 0 Å². The molecule has 0 aromatic heterocycles. The second kappa shape index (κ2) is 6.36. The van der Waals surface area contributed by atoms with Crippen LogP contribution in [0.2, 0.25) is 0 Å². The van der Waals surface area contributed by atoms with Gasteiger partial charge in [-0.3, -0.25) is 0 Å². The number of aliphatic hydroxyl groups is 1. The van der Waals surface area contributed by atoms with Crippen LogP contribution in [0, 0.1) is 11.3 Å². The van der Waals surface area contributed by atoms with Gasteiger partial charge in [-0.15, -0.1) is 0 Å². The lowest BCUT2D eigenvalue weighted by molar-refractivity contribution is 0.0534. The van der Waals surface area contributed by atoms with Crippen LogP contribution in [0.5, 0.6) is 0 Å². The number of rotatable bonds is 5. The number of aliphatic hydroxyl groups excluding tert-OH is 1. The third-order valence-electron chi connectivity index (χ3n) is 5.09. The lowest BCUT2D eigenvalue weighted by atomic mass is 9.84. The fourth-order valence-electron chi connectivity index (χ4n) is 3.96. The Balaban J connectivity index is 1.82. The van der Waals surface area contributed by atoms with E-state index in [0.29, 0.717) is 11.3 Å². The first-order chi connectivity index (χ1) is 8.65. The smallest absolute Gasteiger partial charge is 0.0541 e. The maximum atomic E-state index is 9.65. The summed E-state index contributed by atoms with van der Waals surface area (Å²) in [7, 11) is 2.08. The number of hydrogen-bond acceptors (Lipinski definition) is 3. The monoisotopic (exact) mass is 254 g/mol. The molecule has 1 heterocycles. The minimum Gasteiger partial charge on any atom is -0.393 e. The van der Waals surface area contributed by atoms with Crippen molar-refractivity contribution in [1.82, 2.24) is 10.2 Å². The van der Waals surface area contributed by atoms with Crippen LogP contribution in [0.1, 0.15) is 45.4 Å². The lowest BCUT2D eigenvalue weighted by Crippen LogP contribution is -2.45. The normalized spacial score (nSPS) is 27.5. The van der Waals surface area contributed by atoms with Crippen LogP contribution < -0.4 is 5.32 Å². The van der Waals surface area contributed by atoms with E-state index in [-0.39, 0.29) is 6.10 Å². The minimum absolute atomic E-state index is 0.120. The second-order valence-electron chi connectivity index (χ2n) is 6.59. The molecule has 0 amide bonds. The summed E-state index contributed by atoms with van der Waals surface area (Å²) in [5.41, 5.74) is 0.534. The zero-order chi connectivity index (χ0) is 13.0. The summed E-state index contributed by atoms with van der Waals surface area (Å²) in [5, 5.41) is 13.1. The molecule has 0 radical (unpaired) electrons. The third kappa shape index (κ3) is 3.46. The van der Waals surface area contributed by atoms with Crippen molar-refractivity contribution in [2.75, 3.05) is 33.2 Å². The van der Waals surface area contributed by atoms with Crippen molar-refractivity contribution < 1.29 is 5.11 Å². The molecule has 0 aromatic rings. The number of piperidine rings is 1. The Bertz CT molecular complexity index is 241. The molecule has 1 aliphatic heterocycles. The van der Waals surface area contributed by atoms with Gasteiger partial charge in [-0.1, -0.05) is 12.8 Å². The molecule has 3 heteroatoms. The average molecular weight is 254 g/mol. The number of hydrogen-bond donors (Lipinski definition) is 2. The van der Waals surface area contributed by atoms with Crippen molar-refractivity contribution in [1.29, 1.82) is 0 Å². The molecule has 2 rings (SSSR count). The van der Waals surface area contributed by atoms with Gasteiger partial charge in [0.1, 0.15) is 0 Å². The van der Waals surface area contributed by atoms with E-state index in [9.17, 15) is 5.11 Å². The molecule has 0 spiro atoms. The predicted molar refractivity (Wildman–Crippen MR) is 75.7 cm³/mol. The van der Waals surface area contributed by atoms with E-state index < -0.39 is 0 Å². The van der Waals surface area contributed by atoms with E-state index in [1.54, 1.807) is 0 Å². The molecule has 106 valence electrons. The Morgan fingerprint density at radius 1 is 1.28 bits per heavy atom. The highest BCUT2D eigenvalue weighted by Gasteiger charge is 2.36. The van der Waals surface area contributed by atoms with Crippen LogP contribution in [0.3, 0.4) is 0 Å². The van der Waals surface area contributed by atoms with E-state index in [4.69, 9.17) is 0 Å². The summed E-state index contributed by atoms with van der Waals surface area (Å²) in [4.78, 5) is 2.64. The highest BCUT2D eigenvalue weighted by atomic mass is 16.3. The molecule has 2 fully saturated rings. The minimum atomic E-state index is -0.120. The molecule has 2 N–H and O–H groups in total. The largest absolute Gasteiger partial charge is 0.393 e. The molecule has 1 aliphatic carbocycles. The first-order valence-electron chi connectivity index (χ1n) is 7.70. The van der Waals surface area contributed by atoms with Gasteiger partial charge in [0.15, 0.2) is 0 Å². The predicted octanol–water partition coefficient (Wildman–Crippen LogP) is 1.86. The first kappa shape index (κ1) is 14.3. The van der Waals surface area contributed by atoms with Crippen molar-refractivity contribution >= 4 is 0 Å². The summed E-state index contributed by atoms with van der Waals surface area (Å²) < 4.78 is 0. The van der Waals surface area contributed by atoms with Gasteiger partial charge in [0.25, 0.3) is 0 Å². The van der Waals surface area contributed by atoms with Gasteiger partial charge in [-0.05, 0) is 64.1 Å². The molecule has 2 aliphatic rings. The van der Waals surface area contributed by atoms with E-state index in [1.807, 2.05) is 6.92 Å². The topological polar surface area (TPSA) is 35.5 Å². The van der Waals surface area contributed by atoms with Gasteiger partial charge in [0.2, 0.25) is 0 Å². The number of likely N-dealkylation sites (tertiary alicyclic amines) is 1.